The van der Waals surface area contributed by atoms with Gasteiger partial charge in [-0.1, -0.05) is 19.3 Å². The van der Waals surface area contributed by atoms with Crippen molar-refractivity contribution in [3.8, 4) is 5.75 Å². The van der Waals surface area contributed by atoms with Gasteiger partial charge in [0.15, 0.2) is 5.65 Å². The lowest BCUT2D eigenvalue weighted by Gasteiger charge is -2.25. The van der Waals surface area contributed by atoms with E-state index in [1.165, 1.54) is 43.7 Å². The highest BCUT2D eigenvalue weighted by atomic mass is 19.1. The van der Waals surface area contributed by atoms with Gasteiger partial charge in [0.2, 0.25) is 0 Å². The van der Waals surface area contributed by atoms with E-state index < -0.39 is 5.63 Å². The van der Waals surface area contributed by atoms with Crippen LogP contribution in [-0.4, -0.2) is 26.6 Å². The zero-order chi connectivity index (χ0) is 25.2. The molecule has 5 aromatic rings. The van der Waals surface area contributed by atoms with Crippen LogP contribution in [0.2, 0.25) is 0 Å². The maximum Gasteiger partial charge on any atom is 0.345 e. The number of H-pyrrole nitrogens is 1. The Kier molecular flexibility index (Phi) is 6.51. The van der Waals surface area contributed by atoms with Crippen molar-refractivity contribution in [3.63, 3.8) is 0 Å². The molecule has 0 amide bonds. The Labute approximate surface area is 204 Å². The first-order chi connectivity index (χ1) is 17.5. The number of ether oxygens (including phenoxy) is 1. The number of methoxy groups -OCH3 is 1. The van der Waals surface area contributed by atoms with E-state index in [0.717, 1.165) is 18.4 Å². The van der Waals surface area contributed by atoms with Crippen LogP contribution in [0, 0.1) is 5.82 Å². The summed E-state index contributed by atoms with van der Waals surface area (Å²) < 4.78 is 25.3. The molecule has 186 valence electrons. The number of benzene rings is 1. The highest BCUT2D eigenvalue weighted by Gasteiger charge is 2.19. The minimum atomic E-state index is -0.449. The Morgan fingerprint density at radius 3 is 2.64 bits per heavy atom. The number of aromatic amines is 1. The van der Waals surface area contributed by atoms with Crippen LogP contribution in [0.1, 0.15) is 43.8 Å². The lowest BCUT2D eigenvalue weighted by Crippen LogP contribution is -2.26. The molecule has 4 aromatic heterocycles. The van der Waals surface area contributed by atoms with Crippen LogP contribution in [0.3, 0.4) is 0 Å². The second-order valence-corrected chi connectivity index (χ2v) is 8.79. The van der Waals surface area contributed by atoms with Crippen molar-refractivity contribution >= 4 is 33.0 Å². The van der Waals surface area contributed by atoms with Crippen LogP contribution < -0.4 is 21.7 Å². The molecule has 9 nitrogen and oxygen atoms in total. The Hall–Kier alpha value is -4.05. The summed E-state index contributed by atoms with van der Waals surface area (Å²) in [5.41, 5.74) is 8.02. The van der Waals surface area contributed by atoms with Gasteiger partial charge in [0.25, 0.3) is 5.56 Å². The van der Waals surface area contributed by atoms with Crippen molar-refractivity contribution in [2.75, 3.05) is 7.11 Å². The highest BCUT2D eigenvalue weighted by molar-refractivity contribution is 6.02. The minimum absolute atomic E-state index is 0.0468. The maximum absolute atomic E-state index is 13.2. The van der Waals surface area contributed by atoms with Crippen LogP contribution in [0.5, 0.6) is 5.75 Å². The van der Waals surface area contributed by atoms with Gasteiger partial charge >= 0.3 is 5.63 Å². The monoisotopic (exact) mass is 491 g/mol. The summed E-state index contributed by atoms with van der Waals surface area (Å²) in [7, 11) is 1.60. The summed E-state index contributed by atoms with van der Waals surface area (Å²) in [6, 6.07) is 7.77. The van der Waals surface area contributed by atoms with E-state index in [9.17, 15) is 14.0 Å². The molecule has 0 atom stereocenters. The number of pyridine rings is 1. The average molecular weight is 492 g/mol. The predicted octanol–water partition coefficient (Wildman–Crippen LogP) is 4.18. The fraction of sp³-hybridized carbons (Fsp3) is 0.308. The number of halogens is 1. The molecule has 0 bridgehead atoms. The largest absolute Gasteiger partial charge is 0.495 e. The molecule has 0 unspecified atom stereocenters. The summed E-state index contributed by atoms with van der Waals surface area (Å²) in [4.78, 5) is 35.2. The topological polar surface area (TPSA) is 129 Å². The number of hydrogen-bond donors (Lipinski definition) is 2. The molecule has 0 aliphatic heterocycles. The van der Waals surface area contributed by atoms with Gasteiger partial charge < -0.3 is 24.4 Å². The normalized spacial score (nSPS) is 14.2. The summed E-state index contributed by atoms with van der Waals surface area (Å²) in [5.74, 6) is 0.279. The van der Waals surface area contributed by atoms with E-state index in [0.29, 0.717) is 39.0 Å². The van der Waals surface area contributed by atoms with Gasteiger partial charge in [0.05, 0.1) is 35.9 Å². The molecule has 1 saturated carbocycles. The Bertz CT molecular complexity index is 1670. The summed E-state index contributed by atoms with van der Waals surface area (Å²) >= 11 is 0. The number of rotatable bonds is 3. The summed E-state index contributed by atoms with van der Waals surface area (Å²) in [6.07, 6.45) is 8.72. The fourth-order valence-electron chi connectivity index (χ4n) is 4.76. The number of nitrogens with one attached hydrogen (secondary N) is 1. The number of aromatic nitrogens is 4. The van der Waals surface area contributed by atoms with Gasteiger partial charge in [-0.2, -0.15) is 0 Å². The fourth-order valence-corrected chi connectivity index (χ4v) is 4.76. The van der Waals surface area contributed by atoms with Crippen LogP contribution >= 0.6 is 0 Å². The van der Waals surface area contributed by atoms with Crippen molar-refractivity contribution in [1.29, 1.82) is 0 Å². The van der Waals surface area contributed by atoms with Crippen LogP contribution in [0.25, 0.3) is 33.0 Å². The molecule has 1 fully saturated rings. The molecule has 1 aliphatic rings. The Balaban J connectivity index is 0.000000149. The Morgan fingerprint density at radius 2 is 1.89 bits per heavy atom. The van der Waals surface area contributed by atoms with Crippen molar-refractivity contribution < 1.29 is 13.5 Å². The standard InChI is InChI=1S/C14H17N3O2.C12H9FN2O2/c1-19-11-7-12-14(15-8-11)16-9-13(18)17(12)10-5-3-2-4-6-10;13-6-1-2-10-8(3-6)11-9(12(16)17-10)4-7(5-14)15-11/h7-10H,2-6H2,1H3;1-4,15H,5,14H2. The second kappa shape index (κ2) is 9.90. The van der Waals surface area contributed by atoms with Gasteiger partial charge in [-0.05, 0) is 37.1 Å². The van der Waals surface area contributed by atoms with E-state index in [1.807, 2.05) is 10.6 Å². The lowest BCUT2D eigenvalue weighted by atomic mass is 9.95. The zero-order valence-corrected chi connectivity index (χ0v) is 19.8. The number of hydrogen-bond acceptors (Lipinski definition) is 7. The Morgan fingerprint density at radius 1 is 1.11 bits per heavy atom. The maximum atomic E-state index is 13.2. The first-order valence-corrected chi connectivity index (χ1v) is 11.8. The predicted molar refractivity (Wildman–Crippen MR) is 135 cm³/mol. The van der Waals surface area contributed by atoms with Crippen molar-refractivity contribution in [2.45, 2.75) is 44.7 Å². The molecule has 1 aliphatic carbocycles. The number of nitrogens with two attached hydrogens (primary N) is 1. The molecule has 10 heteroatoms. The van der Waals surface area contributed by atoms with Gasteiger partial charge in [-0.3, -0.25) is 4.79 Å². The van der Waals surface area contributed by atoms with Crippen LogP contribution in [-0.2, 0) is 6.54 Å². The first kappa shape index (κ1) is 23.7. The first-order valence-electron chi connectivity index (χ1n) is 11.8. The van der Waals surface area contributed by atoms with Crippen molar-refractivity contribution in [3.05, 3.63) is 75.0 Å². The van der Waals surface area contributed by atoms with Crippen molar-refractivity contribution in [1.82, 2.24) is 19.5 Å². The molecule has 3 N–H and O–H groups in total. The van der Waals surface area contributed by atoms with E-state index in [4.69, 9.17) is 14.9 Å². The van der Waals surface area contributed by atoms with E-state index >= 15 is 0 Å². The SMILES string of the molecule is COc1cnc2ncc(=O)n(C3CCCCC3)c2c1.NCc1cc2c(=O)oc3ccc(F)cc3c2[nH]1. The third-order valence-corrected chi connectivity index (χ3v) is 6.52. The molecule has 0 spiro atoms. The van der Waals surface area contributed by atoms with Gasteiger partial charge in [0.1, 0.15) is 17.1 Å². The lowest BCUT2D eigenvalue weighted by molar-refractivity contribution is 0.353. The van der Waals surface area contributed by atoms with Gasteiger partial charge in [-0.15, -0.1) is 0 Å². The molecule has 6 rings (SSSR count). The van der Waals surface area contributed by atoms with E-state index in [1.54, 1.807) is 19.4 Å². The number of nitrogens with zero attached hydrogens (tertiary/aromatic N) is 3. The quantitative estimate of drug-likeness (QED) is 0.362. The molecular formula is C26H26FN5O4. The average Bonchev–Trinajstić information content (AvgIpc) is 3.35. The summed E-state index contributed by atoms with van der Waals surface area (Å²) in [5, 5.41) is 0.933. The summed E-state index contributed by atoms with van der Waals surface area (Å²) in [6.45, 7) is 0.283. The van der Waals surface area contributed by atoms with Crippen LogP contribution in [0.4, 0.5) is 4.39 Å². The molecule has 1 aromatic carbocycles. The van der Waals surface area contributed by atoms with Gasteiger partial charge in [-0.25, -0.2) is 19.2 Å². The van der Waals surface area contributed by atoms with Crippen molar-refractivity contribution in [2.24, 2.45) is 5.73 Å². The molecule has 4 heterocycles. The molecule has 0 saturated heterocycles. The molecule has 36 heavy (non-hydrogen) atoms. The molecular weight excluding hydrogens is 465 g/mol. The third-order valence-electron chi connectivity index (χ3n) is 6.52. The third kappa shape index (κ3) is 4.47. The molecule has 0 radical (unpaired) electrons. The highest BCUT2D eigenvalue weighted by Crippen LogP contribution is 2.29. The van der Waals surface area contributed by atoms with Crippen LogP contribution in [0.15, 0.2) is 56.7 Å². The number of fused-ring (bicyclic) bond motifs is 4. The van der Waals surface area contributed by atoms with E-state index in [2.05, 4.69) is 15.0 Å². The smallest absolute Gasteiger partial charge is 0.345 e. The van der Waals surface area contributed by atoms with E-state index in [-0.39, 0.29) is 24.0 Å². The second-order valence-electron chi connectivity index (χ2n) is 8.79. The van der Waals surface area contributed by atoms with Gasteiger partial charge in [0, 0.05) is 29.7 Å². The zero-order valence-electron chi connectivity index (χ0n) is 19.8. The minimum Gasteiger partial charge on any atom is -0.495 e.